The summed E-state index contributed by atoms with van der Waals surface area (Å²) >= 11 is -0.545. The molecule has 0 radical (unpaired) electrons. The van der Waals surface area contributed by atoms with E-state index < -0.39 is 11.3 Å². The van der Waals surface area contributed by atoms with Crippen LogP contribution in [-0.2, 0) is 21.5 Å². The smallest absolute Gasteiger partial charge is 0.259 e. The summed E-state index contributed by atoms with van der Waals surface area (Å²) < 4.78 is 24.0. The Kier molecular flexibility index (Phi) is 6.04. The van der Waals surface area contributed by atoms with Gasteiger partial charge in [-0.2, -0.15) is 4.63 Å². The van der Waals surface area contributed by atoms with Crippen molar-refractivity contribution in [1.82, 2.24) is 19.8 Å². The van der Waals surface area contributed by atoms with Crippen LogP contribution in [0.3, 0.4) is 0 Å². The molecule has 0 saturated heterocycles. The molecule has 4 rings (SSSR count). The molecule has 0 spiro atoms. The predicted molar refractivity (Wildman–Crippen MR) is 126 cm³/mol. The van der Waals surface area contributed by atoms with E-state index in [1.807, 2.05) is 24.3 Å². The zero-order chi connectivity index (χ0) is 22.9. The van der Waals surface area contributed by atoms with Crippen molar-refractivity contribution >= 4 is 46.5 Å². The minimum Gasteiger partial charge on any atom is -0.329 e. The maximum atomic E-state index is 10.9. The SMILES string of the molecule is CC(C)(C)c1[nH]n2nc(-c3ccc(NS(=O)O)cc3)nc2c1Sc1ccc(NC=O)cc1. The first kappa shape index (κ1) is 22.1. The Balaban J connectivity index is 1.70. The van der Waals surface area contributed by atoms with E-state index in [2.05, 4.69) is 41.0 Å². The average Bonchev–Trinajstić information content (AvgIpc) is 3.29. The number of amides is 1. The standard InChI is InChI=1S/C21H22N6O3S2/c1-21(2,3)18-17(31-16-10-8-14(9-11-16)22-12-28)20-23-19(25-27(20)24-18)13-4-6-15(7-5-13)26-32(29)30/h4-12,24,26H,1-3H3,(H,22,28)(H,29,30). The lowest BCUT2D eigenvalue weighted by molar-refractivity contribution is -0.105. The molecule has 0 saturated carbocycles. The molecule has 1 atom stereocenters. The lowest BCUT2D eigenvalue weighted by Gasteiger charge is -2.18. The molecule has 0 aliphatic heterocycles. The van der Waals surface area contributed by atoms with E-state index in [9.17, 15) is 9.00 Å². The van der Waals surface area contributed by atoms with Gasteiger partial charge in [-0.1, -0.05) is 32.5 Å². The van der Waals surface area contributed by atoms with E-state index in [0.717, 1.165) is 26.7 Å². The number of anilines is 2. The first-order chi connectivity index (χ1) is 15.2. The number of nitrogens with one attached hydrogen (secondary N) is 3. The van der Waals surface area contributed by atoms with Crippen LogP contribution in [0.15, 0.2) is 58.3 Å². The molecular weight excluding hydrogens is 448 g/mol. The highest BCUT2D eigenvalue weighted by atomic mass is 32.2. The van der Waals surface area contributed by atoms with Gasteiger partial charge in [0.2, 0.25) is 6.41 Å². The molecule has 2 heterocycles. The van der Waals surface area contributed by atoms with Gasteiger partial charge in [0.05, 0.1) is 10.6 Å². The van der Waals surface area contributed by atoms with Crippen LogP contribution in [0.2, 0.25) is 0 Å². The topological polar surface area (TPSA) is 124 Å². The van der Waals surface area contributed by atoms with Gasteiger partial charge < -0.3 is 5.32 Å². The fourth-order valence-electron chi connectivity index (χ4n) is 3.13. The second-order valence-corrected chi connectivity index (χ2v) is 9.84. The lowest BCUT2D eigenvalue weighted by Crippen LogP contribution is -2.13. The Hall–Kier alpha value is -3.15. The Morgan fingerprint density at radius 3 is 2.34 bits per heavy atom. The molecule has 0 bridgehead atoms. The number of aromatic amines is 1. The molecule has 11 heteroatoms. The second-order valence-electron chi connectivity index (χ2n) is 8.05. The van der Waals surface area contributed by atoms with Gasteiger partial charge >= 0.3 is 0 Å². The summed E-state index contributed by atoms with van der Waals surface area (Å²) in [6, 6.07) is 14.6. The van der Waals surface area contributed by atoms with Gasteiger partial charge in [-0.3, -0.25) is 19.2 Å². The second kappa shape index (κ2) is 8.77. The van der Waals surface area contributed by atoms with Crippen LogP contribution in [0.4, 0.5) is 11.4 Å². The minimum atomic E-state index is -2.12. The number of benzene rings is 2. The Labute approximate surface area is 191 Å². The fourth-order valence-corrected chi connectivity index (χ4v) is 4.65. The number of carbonyl (C=O) groups excluding carboxylic acids is 1. The highest BCUT2D eigenvalue weighted by Crippen LogP contribution is 2.39. The molecule has 1 unspecified atom stereocenters. The molecule has 0 aliphatic carbocycles. The van der Waals surface area contributed by atoms with Gasteiger partial charge in [0, 0.05) is 27.2 Å². The van der Waals surface area contributed by atoms with Gasteiger partial charge in [-0.05, 0) is 48.5 Å². The maximum absolute atomic E-state index is 10.9. The van der Waals surface area contributed by atoms with Gasteiger partial charge in [-0.25, -0.2) is 9.19 Å². The molecule has 166 valence electrons. The summed E-state index contributed by atoms with van der Waals surface area (Å²) in [4.78, 5) is 17.4. The number of aromatic nitrogens is 4. The maximum Gasteiger partial charge on any atom is 0.259 e. The van der Waals surface area contributed by atoms with E-state index in [1.165, 1.54) is 0 Å². The highest BCUT2D eigenvalue weighted by Gasteiger charge is 2.26. The molecule has 4 N–H and O–H groups in total. The van der Waals surface area contributed by atoms with Crippen LogP contribution in [0.25, 0.3) is 17.0 Å². The molecule has 4 aromatic rings. The molecule has 2 aromatic carbocycles. The van der Waals surface area contributed by atoms with E-state index in [1.54, 1.807) is 40.7 Å². The number of hydrogen-bond acceptors (Lipinski definition) is 5. The predicted octanol–water partition coefficient (Wildman–Crippen LogP) is 4.29. The third-order valence-corrected chi connectivity index (χ3v) is 6.16. The number of fused-ring (bicyclic) bond motifs is 1. The Morgan fingerprint density at radius 2 is 1.75 bits per heavy atom. The summed E-state index contributed by atoms with van der Waals surface area (Å²) in [6.45, 7) is 6.37. The molecular formula is C21H22N6O3S2. The van der Waals surface area contributed by atoms with Crippen molar-refractivity contribution in [2.24, 2.45) is 0 Å². The van der Waals surface area contributed by atoms with Gasteiger partial charge in [0.1, 0.15) is 0 Å². The Bertz CT molecular complexity index is 1270. The largest absolute Gasteiger partial charge is 0.329 e. The molecule has 0 fully saturated rings. The van der Waals surface area contributed by atoms with Crippen LogP contribution in [0.1, 0.15) is 26.5 Å². The van der Waals surface area contributed by atoms with Crippen LogP contribution in [0, 0.1) is 0 Å². The van der Waals surface area contributed by atoms with Crippen LogP contribution in [-0.4, -0.2) is 35.0 Å². The van der Waals surface area contributed by atoms with E-state index in [-0.39, 0.29) is 5.41 Å². The summed E-state index contributed by atoms with van der Waals surface area (Å²) in [5.74, 6) is 0.542. The number of nitrogens with zero attached hydrogens (tertiary/aromatic N) is 3. The van der Waals surface area contributed by atoms with E-state index in [4.69, 9.17) is 9.54 Å². The third kappa shape index (κ3) is 4.69. The summed E-state index contributed by atoms with van der Waals surface area (Å²) in [5.41, 5.74) is 3.61. The molecule has 32 heavy (non-hydrogen) atoms. The molecule has 2 aromatic heterocycles. The number of H-pyrrole nitrogens is 1. The average molecular weight is 471 g/mol. The van der Waals surface area contributed by atoms with Crippen LogP contribution >= 0.6 is 11.8 Å². The minimum absolute atomic E-state index is 0.156. The lowest BCUT2D eigenvalue weighted by atomic mass is 9.92. The Morgan fingerprint density at radius 1 is 1.09 bits per heavy atom. The monoisotopic (exact) mass is 470 g/mol. The zero-order valence-electron chi connectivity index (χ0n) is 17.6. The summed E-state index contributed by atoms with van der Waals surface area (Å²) in [7, 11) is 0. The van der Waals surface area contributed by atoms with Crippen LogP contribution in [0.5, 0.6) is 0 Å². The van der Waals surface area contributed by atoms with Gasteiger partial charge in [0.15, 0.2) is 11.5 Å². The fraction of sp³-hybridized carbons (Fsp3) is 0.190. The van der Waals surface area contributed by atoms with Crippen molar-refractivity contribution in [1.29, 1.82) is 0 Å². The van der Waals surface area contributed by atoms with Crippen molar-refractivity contribution in [3.05, 3.63) is 54.2 Å². The van der Waals surface area contributed by atoms with Gasteiger partial charge in [0.25, 0.3) is 11.3 Å². The summed E-state index contributed by atoms with van der Waals surface area (Å²) in [6.07, 6.45) is 0.652. The van der Waals surface area contributed by atoms with Gasteiger partial charge in [-0.15, -0.1) is 5.10 Å². The van der Waals surface area contributed by atoms with Crippen molar-refractivity contribution in [2.45, 2.75) is 36.0 Å². The third-order valence-electron chi connectivity index (χ3n) is 4.65. The number of rotatable bonds is 7. The van der Waals surface area contributed by atoms with Crippen molar-refractivity contribution < 1.29 is 13.6 Å². The van der Waals surface area contributed by atoms with Crippen LogP contribution < -0.4 is 10.0 Å². The first-order valence-corrected chi connectivity index (χ1v) is 11.6. The number of carbonyl (C=O) groups is 1. The van der Waals surface area contributed by atoms with Crippen molar-refractivity contribution in [3.63, 3.8) is 0 Å². The molecule has 1 amide bonds. The van der Waals surface area contributed by atoms with E-state index in [0.29, 0.717) is 23.6 Å². The first-order valence-electron chi connectivity index (χ1n) is 9.70. The quantitative estimate of drug-likeness (QED) is 0.236. The highest BCUT2D eigenvalue weighted by molar-refractivity contribution is 7.99. The van der Waals surface area contributed by atoms with Crippen molar-refractivity contribution in [2.75, 3.05) is 10.0 Å². The number of hydrogen-bond donors (Lipinski definition) is 4. The summed E-state index contributed by atoms with van der Waals surface area (Å²) in [5, 5.41) is 10.6. The normalized spacial score (nSPS) is 12.6. The van der Waals surface area contributed by atoms with E-state index >= 15 is 0 Å². The van der Waals surface area contributed by atoms with Crippen molar-refractivity contribution in [3.8, 4) is 11.4 Å². The zero-order valence-corrected chi connectivity index (χ0v) is 19.3. The molecule has 0 aliphatic rings. The molecule has 9 nitrogen and oxygen atoms in total.